The van der Waals surface area contributed by atoms with Gasteiger partial charge in [-0.05, 0) is 52.3 Å². The molecule has 2 rings (SSSR count). The van der Waals surface area contributed by atoms with E-state index < -0.39 is 35.2 Å². The monoisotopic (exact) mass is 410 g/mol. The van der Waals surface area contributed by atoms with E-state index in [1.165, 1.54) is 17.0 Å². The normalized spacial score (nSPS) is 18.2. The molecule has 158 valence electrons. The summed E-state index contributed by atoms with van der Waals surface area (Å²) in [5, 5.41) is 11.9. The minimum atomic E-state index is -4.53. The molecule has 1 aliphatic heterocycles. The molecule has 1 aliphatic rings. The van der Waals surface area contributed by atoms with Gasteiger partial charge in [0.2, 0.25) is 0 Å². The minimum absolute atomic E-state index is 0.0481. The Bertz CT molecular complexity index is 890. The number of carbonyl (C=O) groups excluding carboxylic acids is 2. The second-order valence-corrected chi connectivity index (χ2v) is 7.90. The van der Waals surface area contributed by atoms with Crippen molar-refractivity contribution in [2.75, 3.05) is 7.05 Å². The summed E-state index contributed by atoms with van der Waals surface area (Å²) in [6, 6.07) is 4.06. The van der Waals surface area contributed by atoms with Crippen molar-refractivity contribution < 1.29 is 32.6 Å². The fourth-order valence-electron chi connectivity index (χ4n) is 3.24. The van der Waals surface area contributed by atoms with Crippen molar-refractivity contribution >= 4 is 11.9 Å². The predicted octanol–water partition coefficient (Wildman–Crippen LogP) is 3.37. The molecule has 0 bridgehead atoms. The Labute approximate surface area is 167 Å². The number of aliphatic carboxylic acids is 1. The van der Waals surface area contributed by atoms with Crippen LogP contribution >= 0.6 is 0 Å². The number of hydrogen-bond acceptors (Lipinski definition) is 5. The van der Waals surface area contributed by atoms with E-state index in [2.05, 4.69) is 0 Å². The summed E-state index contributed by atoms with van der Waals surface area (Å²) in [5.74, 6) is -3.36. The highest BCUT2D eigenvalue weighted by molar-refractivity contribution is 5.98. The maximum Gasteiger partial charge on any atom is 0.416 e. The van der Waals surface area contributed by atoms with Crippen LogP contribution in [0.4, 0.5) is 13.2 Å². The number of ether oxygens (including phenoxy) is 1. The zero-order valence-corrected chi connectivity index (χ0v) is 17.1. The van der Waals surface area contributed by atoms with Crippen molar-refractivity contribution in [3.05, 3.63) is 57.9 Å². The molecule has 0 aliphatic carbocycles. The summed E-state index contributed by atoms with van der Waals surface area (Å²) in [5.41, 5.74) is -0.850. The Kier molecular flexibility index (Phi) is 5.88. The summed E-state index contributed by atoms with van der Waals surface area (Å²) in [6.45, 7) is 8.19. The lowest BCUT2D eigenvalue weighted by Gasteiger charge is -2.38. The van der Waals surface area contributed by atoms with Gasteiger partial charge in [-0.1, -0.05) is 12.1 Å². The first kappa shape index (κ1) is 22.5. The third kappa shape index (κ3) is 4.63. The molecular weight excluding hydrogens is 387 g/mol. The van der Waals surface area contributed by atoms with Gasteiger partial charge in [0.1, 0.15) is 5.60 Å². The van der Waals surface area contributed by atoms with E-state index in [1.807, 2.05) is 0 Å². The van der Waals surface area contributed by atoms with Crippen LogP contribution in [0, 0.1) is 0 Å². The van der Waals surface area contributed by atoms with Crippen molar-refractivity contribution in [3.63, 3.8) is 0 Å². The number of hydrogen-bond donors (Lipinski definition) is 0. The Morgan fingerprint density at radius 3 is 1.90 bits per heavy atom. The lowest BCUT2D eigenvalue weighted by Crippen LogP contribution is -2.39. The standard InChI is InChI=1S/C21H24F3NO4/c1-11-15(18(26)27)17(13-7-9-14(10-8-13)21(22,23)24)16(12(2)25(11)6)19(28)29-20(3,4)5/h7-10,17H,1-6H3,(H,26,27)/p-1. The fraction of sp³-hybridized carbons (Fsp3) is 0.429. The van der Waals surface area contributed by atoms with Crippen LogP contribution in [0.3, 0.4) is 0 Å². The summed E-state index contributed by atoms with van der Waals surface area (Å²) >= 11 is 0. The number of benzene rings is 1. The highest BCUT2D eigenvalue weighted by atomic mass is 19.4. The second-order valence-electron chi connectivity index (χ2n) is 7.90. The molecule has 0 radical (unpaired) electrons. The molecule has 1 unspecified atom stereocenters. The lowest BCUT2D eigenvalue weighted by molar-refractivity contribution is -0.299. The van der Waals surface area contributed by atoms with E-state index >= 15 is 0 Å². The Hall–Kier alpha value is -2.77. The highest BCUT2D eigenvalue weighted by Crippen LogP contribution is 2.42. The van der Waals surface area contributed by atoms with Gasteiger partial charge in [0.15, 0.2) is 0 Å². The van der Waals surface area contributed by atoms with E-state index in [0.29, 0.717) is 11.4 Å². The average molecular weight is 410 g/mol. The summed E-state index contributed by atoms with van der Waals surface area (Å²) < 4.78 is 44.2. The molecule has 1 aromatic rings. The molecule has 5 nitrogen and oxygen atoms in total. The van der Waals surface area contributed by atoms with Gasteiger partial charge in [-0.15, -0.1) is 0 Å². The number of nitrogens with zero attached hydrogens (tertiary/aromatic N) is 1. The molecule has 1 atom stereocenters. The van der Waals surface area contributed by atoms with Crippen molar-refractivity contribution in [1.82, 2.24) is 4.90 Å². The van der Waals surface area contributed by atoms with E-state index in [-0.39, 0.29) is 16.7 Å². The topological polar surface area (TPSA) is 69.7 Å². The lowest BCUT2D eigenvalue weighted by atomic mass is 9.79. The van der Waals surface area contributed by atoms with E-state index in [9.17, 15) is 27.9 Å². The maximum absolute atomic E-state index is 12.9. The first-order valence-corrected chi connectivity index (χ1v) is 8.92. The smallest absolute Gasteiger partial charge is 0.416 e. The maximum atomic E-state index is 12.9. The first-order valence-electron chi connectivity index (χ1n) is 8.92. The van der Waals surface area contributed by atoms with Gasteiger partial charge in [0.05, 0.1) is 17.1 Å². The van der Waals surface area contributed by atoms with Crippen molar-refractivity contribution in [3.8, 4) is 0 Å². The number of halogens is 3. The van der Waals surface area contributed by atoms with Crippen LogP contribution in [0.25, 0.3) is 0 Å². The zero-order valence-electron chi connectivity index (χ0n) is 17.1. The Balaban J connectivity index is 2.69. The third-order valence-electron chi connectivity index (χ3n) is 4.77. The molecule has 0 amide bonds. The van der Waals surface area contributed by atoms with E-state index in [1.54, 1.807) is 41.7 Å². The minimum Gasteiger partial charge on any atom is -0.545 e. The Morgan fingerprint density at radius 1 is 1.00 bits per heavy atom. The molecule has 1 aromatic carbocycles. The Morgan fingerprint density at radius 2 is 1.48 bits per heavy atom. The number of allylic oxidation sites excluding steroid dienone is 2. The SMILES string of the molecule is CC1=C(C(=O)[O-])C(c2ccc(C(F)(F)F)cc2)C(C(=O)OC(C)(C)C)=C(C)N1C. The predicted molar refractivity (Wildman–Crippen MR) is 98.2 cm³/mol. The van der Waals surface area contributed by atoms with Crippen molar-refractivity contribution in [1.29, 1.82) is 0 Å². The summed E-state index contributed by atoms with van der Waals surface area (Å²) in [4.78, 5) is 26.4. The number of alkyl halides is 3. The van der Waals surface area contributed by atoms with Gasteiger partial charge in [-0.3, -0.25) is 0 Å². The number of carboxylic acid groups (broad SMARTS) is 1. The van der Waals surface area contributed by atoms with Crippen LogP contribution < -0.4 is 5.11 Å². The quantitative estimate of drug-likeness (QED) is 0.715. The molecule has 0 fully saturated rings. The molecule has 0 spiro atoms. The molecular formula is C21H23F3NO4-. The third-order valence-corrected chi connectivity index (χ3v) is 4.77. The number of rotatable bonds is 3. The van der Waals surface area contributed by atoms with Crippen LogP contribution in [0.15, 0.2) is 46.8 Å². The van der Waals surface area contributed by atoms with Gasteiger partial charge in [0.25, 0.3) is 0 Å². The number of esters is 1. The van der Waals surface area contributed by atoms with Crippen molar-refractivity contribution in [2.24, 2.45) is 0 Å². The summed E-state index contributed by atoms with van der Waals surface area (Å²) in [7, 11) is 1.60. The van der Waals surface area contributed by atoms with Crippen LogP contribution in [0.2, 0.25) is 0 Å². The van der Waals surface area contributed by atoms with Gasteiger partial charge in [-0.2, -0.15) is 13.2 Å². The van der Waals surface area contributed by atoms with E-state index in [0.717, 1.165) is 12.1 Å². The van der Waals surface area contributed by atoms with Crippen LogP contribution in [-0.2, 0) is 20.5 Å². The van der Waals surface area contributed by atoms with E-state index in [4.69, 9.17) is 4.74 Å². The number of carbonyl (C=O) groups is 2. The molecule has 29 heavy (non-hydrogen) atoms. The van der Waals surface area contributed by atoms with Gasteiger partial charge in [0, 0.05) is 29.9 Å². The van der Waals surface area contributed by atoms with Crippen LogP contribution in [-0.4, -0.2) is 29.5 Å². The van der Waals surface area contributed by atoms with Crippen LogP contribution in [0.5, 0.6) is 0 Å². The van der Waals surface area contributed by atoms with Crippen LogP contribution in [0.1, 0.15) is 51.7 Å². The molecule has 0 aromatic heterocycles. The largest absolute Gasteiger partial charge is 0.545 e. The van der Waals surface area contributed by atoms with Gasteiger partial charge in [-0.25, -0.2) is 4.79 Å². The van der Waals surface area contributed by atoms with Gasteiger partial charge < -0.3 is 19.5 Å². The molecule has 1 heterocycles. The first-order chi connectivity index (χ1) is 13.1. The average Bonchev–Trinajstić information content (AvgIpc) is 2.56. The summed E-state index contributed by atoms with van der Waals surface area (Å²) in [6.07, 6.45) is -4.53. The zero-order chi connectivity index (χ0) is 22.3. The molecule has 0 N–H and O–H groups in total. The molecule has 8 heteroatoms. The second kappa shape index (κ2) is 7.57. The molecule has 0 saturated carbocycles. The number of carboxylic acids is 1. The fourth-order valence-corrected chi connectivity index (χ4v) is 3.24. The molecule has 0 saturated heterocycles. The highest BCUT2D eigenvalue weighted by Gasteiger charge is 2.38. The van der Waals surface area contributed by atoms with Crippen molar-refractivity contribution in [2.45, 2.75) is 52.3 Å². The van der Waals surface area contributed by atoms with Gasteiger partial charge >= 0.3 is 12.1 Å².